The van der Waals surface area contributed by atoms with E-state index in [9.17, 15) is 0 Å². The minimum absolute atomic E-state index is 0.427. The van der Waals surface area contributed by atoms with Crippen LogP contribution in [0.15, 0.2) is 18.5 Å². The molecule has 0 saturated heterocycles. The maximum Gasteiger partial charge on any atom is 0.177 e. The predicted octanol–water partition coefficient (Wildman–Crippen LogP) is 1.33. The molecule has 2 aromatic heterocycles. The van der Waals surface area contributed by atoms with Crippen LogP contribution in [0.5, 0.6) is 0 Å². The molecule has 5 nitrogen and oxygen atoms in total. The molecule has 5 heteroatoms. The average Bonchev–Trinajstić information content (AvgIpc) is 2.64. The lowest BCUT2D eigenvalue weighted by atomic mass is 10.2. The van der Waals surface area contributed by atoms with E-state index in [1.807, 2.05) is 12.1 Å². The van der Waals surface area contributed by atoms with Crippen molar-refractivity contribution in [3.8, 4) is 0 Å². The summed E-state index contributed by atoms with van der Waals surface area (Å²) in [6.07, 6.45) is 2.67. The van der Waals surface area contributed by atoms with E-state index in [0.717, 1.165) is 17.9 Å². The zero-order chi connectivity index (χ0) is 9.97. The Bertz CT molecular complexity index is 422. The topological polar surface area (TPSA) is 55.1 Å². The maximum absolute atomic E-state index is 4.30. The lowest BCUT2D eigenvalue weighted by Gasteiger charge is -2.11. The van der Waals surface area contributed by atoms with E-state index in [0.29, 0.717) is 6.04 Å². The Hall–Kier alpha value is -1.65. The zero-order valence-corrected chi connectivity index (χ0v) is 8.31. The van der Waals surface area contributed by atoms with Gasteiger partial charge in [0.15, 0.2) is 5.65 Å². The molecule has 0 bridgehead atoms. The molecule has 0 amide bonds. The molecule has 14 heavy (non-hydrogen) atoms. The highest BCUT2D eigenvalue weighted by molar-refractivity contribution is 5.43. The van der Waals surface area contributed by atoms with Crippen molar-refractivity contribution in [2.45, 2.75) is 26.3 Å². The van der Waals surface area contributed by atoms with Crippen molar-refractivity contribution < 1.29 is 0 Å². The van der Waals surface area contributed by atoms with Gasteiger partial charge in [0.05, 0.1) is 0 Å². The number of aromatic nitrogens is 4. The van der Waals surface area contributed by atoms with Gasteiger partial charge >= 0.3 is 0 Å². The van der Waals surface area contributed by atoms with Crippen molar-refractivity contribution in [2.75, 3.05) is 5.32 Å². The van der Waals surface area contributed by atoms with E-state index in [4.69, 9.17) is 0 Å². The van der Waals surface area contributed by atoms with Crippen molar-refractivity contribution in [1.29, 1.82) is 0 Å². The summed E-state index contributed by atoms with van der Waals surface area (Å²) in [4.78, 5) is 0. The second kappa shape index (κ2) is 3.61. The van der Waals surface area contributed by atoms with Gasteiger partial charge in [-0.3, -0.25) is 0 Å². The molecule has 2 aromatic rings. The Morgan fingerprint density at radius 3 is 3.14 bits per heavy atom. The quantitative estimate of drug-likeness (QED) is 0.795. The van der Waals surface area contributed by atoms with Gasteiger partial charge < -0.3 is 5.32 Å². The standard InChI is InChI=1S/C9H13N5/c1-3-7(2)11-8-4-5-9-12-10-6-14(9)13-8/h4-7H,3H2,1-2H3,(H,11,13). The third-order valence-electron chi connectivity index (χ3n) is 2.17. The van der Waals surface area contributed by atoms with E-state index < -0.39 is 0 Å². The first kappa shape index (κ1) is 8.93. The summed E-state index contributed by atoms with van der Waals surface area (Å²) in [6, 6.07) is 4.23. The molecule has 1 unspecified atom stereocenters. The Morgan fingerprint density at radius 1 is 1.50 bits per heavy atom. The third kappa shape index (κ3) is 1.66. The molecule has 0 aliphatic rings. The van der Waals surface area contributed by atoms with Crippen LogP contribution in [0, 0.1) is 0 Å². The number of rotatable bonds is 3. The number of nitrogens with one attached hydrogen (secondary N) is 1. The summed E-state index contributed by atoms with van der Waals surface area (Å²) in [5.74, 6) is 0.853. The summed E-state index contributed by atoms with van der Waals surface area (Å²) in [5, 5.41) is 15.2. The van der Waals surface area contributed by atoms with Gasteiger partial charge in [-0.2, -0.15) is 4.52 Å². The van der Waals surface area contributed by atoms with Crippen LogP contribution >= 0.6 is 0 Å². The van der Waals surface area contributed by atoms with Crippen LogP contribution in [0.4, 0.5) is 5.82 Å². The molecule has 1 atom stereocenters. The molecule has 0 saturated carbocycles. The number of hydrogen-bond acceptors (Lipinski definition) is 4. The van der Waals surface area contributed by atoms with Crippen LogP contribution in [0.2, 0.25) is 0 Å². The van der Waals surface area contributed by atoms with Crippen molar-refractivity contribution in [2.24, 2.45) is 0 Å². The van der Waals surface area contributed by atoms with Crippen molar-refractivity contribution in [3.05, 3.63) is 18.5 Å². The van der Waals surface area contributed by atoms with Gasteiger partial charge in [0, 0.05) is 6.04 Å². The van der Waals surface area contributed by atoms with Crippen LogP contribution in [0.1, 0.15) is 20.3 Å². The van der Waals surface area contributed by atoms with Gasteiger partial charge in [0.2, 0.25) is 0 Å². The minimum atomic E-state index is 0.427. The SMILES string of the molecule is CCC(C)Nc1ccc2nncn2n1. The fourth-order valence-electron chi connectivity index (χ4n) is 1.16. The minimum Gasteiger partial charge on any atom is -0.366 e. The van der Waals surface area contributed by atoms with Gasteiger partial charge in [-0.15, -0.1) is 15.3 Å². The summed E-state index contributed by atoms with van der Waals surface area (Å²) in [5.41, 5.74) is 0.764. The fourth-order valence-corrected chi connectivity index (χ4v) is 1.16. The van der Waals surface area contributed by atoms with Gasteiger partial charge in [0.25, 0.3) is 0 Å². The summed E-state index contributed by atoms with van der Waals surface area (Å²) in [7, 11) is 0. The van der Waals surface area contributed by atoms with Crippen LogP contribution < -0.4 is 5.32 Å². The first-order chi connectivity index (χ1) is 6.79. The van der Waals surface area contributed by atoms with Gasteiger partial charge in [-0.05, 0) is 25.5 Å². The van der Waals surface area contributed by atoms with Crippen LogP contribution in [0.25, 0.3) is 5.65 Å². The van der Waals surface area contributed by atoms with E-state index in [-0.39, 0.29) is 0 Å². The number of nitrogens with zero attached hydrogens (tertiary/aromatic N) is 4. The highest BCUT2D eigenvalue weighted by Gasteiger charge is 2.01. The summed E-state index contributed by atoms with van der Waals surface area (Å²) in [6.45, 7) is 4.26. The molecular weight excluding hydrogens is 178 g/mol. The van der Waals surface area contributed by atoms with Crippen LogP contribution in [0.3, 0.4) is 0 Å². The Kier molecular flexibility index (Phi) is 2.30. The Morgan fingerprint density at radius 2 is 2.36 bits per heavy atom. The van der Waals surface area contributed by atoms with Gasteiger partial charge in [0.1, 0.15) is 12.1 Å². The fraction of sp³-hybridized carbons (Fsp3) is 0.444. The second-order valence-electron chi connectivity index (χ2n) is 3.31. The molecule has 0 aromatic carbocycles. The monoisotopic (exact) mass is 191 g/mol. The lowest BCUT2D eigenvalue weighted by Crippen LogP contribution is -2.15. The number of fused-ring (bicyclic) bond motifs is 1. The largest absolute Gasteiger partial charge is 0.366 e. The molecule has 2 rings (SSSR count). The highest BCUT2D eigenvalue weighted by Crippen LogP contribution is 2.06. The molecule has 1 N–H and O–H groups in total. The van der Waals surface area contributed by atoms with E-state index in [1.54, 1.807) is 10.8 Å². The Labute approximate surface area is 82.2 Å². The normalized spacial score (nSPS) is 13.0. The number of anilines is 1. The third-order valence-corrected chi connectivity index (χ3v) is 2.17. The number of hydrogen-bond donors (Lipinski definition) is 1. The summed E-state index contributed by atoms with van der Waals surface area (Å²) >= 11 is 0. The van der Waals surface area contributed by atoms with Crippen LogP contribution in [-0.4, -0.2) is 25.9 Å². The highest BCUT2D eigenvalue weighted by atomic mass is 15.4. The van der Waals surface area contributed by atoms with Gasteiger partial charge in [-0.1, -0.05) is 6.92 Å². The smallest absolute Gasteiger partial charge is 0.177 e. The molecule has 0 aliphatic carbocycles. The molecular formula is C9H13N5. The average molecular weight is 191 g/mol. The first-order valence-corrected chi connectivity index (χ1v) is 4.73. The molecule has 74 valence electrons. The molecule has 0 fully saturated rings. The maximum atomic E-state index is 4.30. The van der Waals surface area contributed by atoms with E-state index >= 15 is 0 Å². The second-order valence-corrected chi connectivity index (χ2v) is 3.31. The molecule has 2 heterocycles. The molecule has 0 aliphatic heterocycles. The predicted molar refractivity (Wildman–Crippen MR) is 54.2 cm³/mol. The van der Waals surface area contributed by atoms with E-state index in [2.05, 4.69) is 34.5 Å². The van der Waals surface area contributed by atoms with Gasteiger partial charge in [-0.25, -0.2) is 0 Å². The van der Waals surface area contributed by atoms with E-state index in [1.165, 1.54) is 0 Å². The Balaban J connectivity index is 2.25. The lowest BCUT2D eigenvalue weighted by molar-refractivity contribution is 0.751. The van der Waals surface area contributed by atoms with Crippen LogP contribution in [-0.2, 0) is 0 Å². The van der Waals surface area contributed by atoms with Crippen molar-refractivity contribution in [1.82, 2.24) is 19.8 Å². The molecule has 0 radical (unpaired) electrons. The van der Waals surface area contributed by atoms with Crippen molar-refractivity contribution >= 4 is 11.5 Å². The summed E-state index contributed by atoms with van der Waals surface area (Å²) < 4.78 is 1.66. The first-order valence-electron chi connectivity index (χ1n) is 4.73. The zero-order valence-electron chi connectivity index (χ0n) is 8.31. The molecule has 0 spiro atoms. The van der Waals surface area contributed by atoms with Crippen molar-refractivity contribution in [3.63, 3.8) is 0 Å².